The van der Waals surface area contributed by atoms with Gasteiger partial charge in [0.25, 0.3) is 0 Å². The van der Waals surface area contributed by atoms with E-state index in [0.29, 0.717) is 5.56 Å². The van der Waals surface area contributed by atoms with E-state index in [2.05, 4.69) is 4.72 Å². The third-order valence-corrected chi connectivity index (χ3v) is 5.81. The van der Waals surface area contributed by atoms with E-state index in [0.717, 1.165) is 22.2 Å². The van der Waals surface area contributed by atoms with E-state index in [4.69, 9.17) is 0 Å². The molecule has 0 saturated heterocycles. The van der Waals surface area contributed by atoms with Crippen molar-refractivity contribution in [3.05, 3.63) is 70.9 Å². The molecule has 3 rings (SSSR count). The second-order valence-electron chi connectivity index (χ2n) is 5.50. The van der Waals surface area contributed by atoms with Gasteiger partial charge >= 0.3 is 5.97 Å². The molecule has 2 N–H and O–H groups in total. The number of halogens is 1. The van der Waals surface area contributed by atoms with Gasteiger partial charge in [0.15, 0.2) is 0 Å². The Morgan fingerprint density at radius 2 is 2.00 bits per heavy atom. The number of benzene rings is 2. The highest BCUT2D eigenvalue weighted by molar-refractivity contribution is 7.88. The van der Waals surface area contributed by atoms with Crippen LogP contribution in [0.3, 0.4) is 0 Å². The van der Waals surface area contributed by atoms with E-state index in [1.807, 2.05) is 17.5 Å². The number of carboxylic acid groups (broad SMARTS) is 1. The van der Waals surface area contributed by atoms with Crippen LogP contribution in [0.1, 0.15) is 17.2 Å². The van der Waals surface area contributed by atoms with E-state index in [1.165, 1.54) is 12.1 Å². The van der Waals surface area contributed by atoms with Gasteiger partial charge < -0.3 is 5.11 Å². The zero-order valence-corrected chi connectivity index (χ0v) is 14.5. The number of nitrogens with one attached hydrogen (secondary N) is 1. The Labute approximate surface area is 147 Å². The quantitative estimate of drug-likeness (QED) is 0.688. The van der Waals surface area contributed by atoms with Crippen LogP contribution in [-0.4, -0.2) is 19.5 Å². The van der Waals surface area contributed by atoms with Crippen molar-refractivity contribution >= 4 is 37.4 Å². The van der Waals surface area contributed by atoms with Gasteiger partial charge in [0.1, 0.15) is 11.9 Å². The van der Waals surface area contributed by atoms with Crippen molar-refractivity contribution in [2.75, 3.05) is 0 Å². The minimum Gasteiger partial charge on any atom is -0.480 e. The zero-order chi connectivity index (χ0) is 18.0. The standard InChI is InChI=1S/C17H14FNO4S2/c18-14-3-1-2-13(9-14)16(17(20)21)19-25(22,23)10-11-4-5-15-12(8-11)6-7-24-15/h1-9,16,19H,10H2,(H,20,21). The summed E-state index contributed by atoms with van der Waals surface area (Å²) in [4.78, 5) is 11.4. The lowest BCUT2D eigenvalue weighted by atomic mass is 10.1. The SMILES string of the molecule is O=C(O)C(NS(=O)(=O)Cc1ccc2sccc2c1)c1cccc(F)c1. The highest BCUT2D eigenvalue weighted by Gasteiger charge is 2.26. The van der Waals surface area contributed by atoms with Crippen LogP contribution in [0.2, 0.25) is 0 Å². The van der Waals surface area contributed by atoms with Crippen molar-refractivity contribution < 1.29 is 22.7 Å². The summed E-state index contributed by atoms with van der Waals surface area (Å²) >= 11 is 1.55. The summed E-state index contributed by atoms with van der Waals surface area (Å²) in [6.07, 6.45) is 0. The van der Waals surface area contributed by atoms with E-state index in [1.54, 1.807) is 23.5 Å². The number of carbonyl (C=O) groups is 1. The van der Waals surface area contributed by atoms with Gasteiger partial charge in [-0.2, -0.15) is 4.72 Å². The molecular weight excluding hydrogens is 365 g/mol. The number of hydrogen-bond donors (Lipinski definition) is 2. The van der Waals surface area contributed by atoms with E-state index in [9.17, 15) is 22.7 Å². The van der Waals surface area contributed by atoms with Crippen molar-refractivity contribution in [1.29, 1.82) is 0 Å². The molecule has 1 atom stereocenters. The van der Waals surface area contributed by atoms with Gasteiger partial charge in [0.2, 0.25) is 10.0 Å². The molecule has 0 aliphatic rings. The fourth-order valence-electron chi connectivity index (χ4n) is 2.49. The molecule has 0 amide bonds. The second kappa shape index (κ2) is 6.91. The predicted octanol–water partition coefficient (Wildman–Crippen LogP) is 3.29. The Bertz CT molecular complexity index is 1030. The molecule has 2 aromatic carbocycles. The summed E-state index contributed by atoms with van der Waals surface area (Å²) < 4.78 is 41.3. The Kier molecular flexibility index (Phi) is 4.85. The monoisotopic (exact) mass is 379 g/mol. The highest BCUT2D eigenvalue weighted by Crippen LogP contribution is 2.23. The molecule has 0 spiro atoms. The Morgan fingerprint density at radius 3 is 2.72 bits per heavy atom. The Balaban J connectivity index is 1.84. The Hall–Kier alpha value is -2.29. The average Bonchev–Trinajstić information content (AvgIpc) is 2.99. The van der Waals surface area contributed by atoms with Gasteiger partial charge in [-0.3, -0.25) is 4.79 Å². The van der Waals surface area contributed by atoms with Crippen LogP contribution in [0.15, 0.2) is 53.9 Å². The van der Waals surface area contributed by atoms with Crippen LogP contribution in [0.25, 0.3) is 10.1 Å². The smallest absolute Gasteiger partial charge is 0.326 e. The molecule has 1 heterocycles. The second-order valence-corrected chi connectivity index (χ2v) is 8.20. The maximum atomic E-state index is 13.3. The van der Waals surface area contributed by atoms with Crippen LogP contribution in [0, 0.1) is 5.82 Å². The highest BCUT2D eigenvalue weighted by atomic mass is 32.2. The number of fused-ring (bicyclic) bond motifs is 1. The summed E-state index contributed by atoms with van der Waals surface area (Å²) in [7, 11) is -3.94. The third kappa shape index (κ3) is 4.22. The van der Waals surface area contributed by atoms with Crippen molar-refractivity contribution in [3.63, 3.8) is 0 Å². The molecule has 0 fully saturated rings. The zero-order valence-electron chi connectivity index (χ0n) is 12.8. The van der Waals surface area contributed by atoms with Crippen LogP contribution < -0.4 is 4.72 Å². The van der Waals surface area contributed by atoms with Crippen LogP contribution in [0.4, 0.5) is 4.39 Å². The molecule has 0 aliphatic heterocycles. The van der Waals surface area contributed by atoms with Crippen LogP contribution >= 0.6 is 11.3 Å². The van der Waals surface area contributed by atoms with Gasteiger partial charge in [-0.15, -0.1) is 11.3 Å². The third-order valence-electron chi connectivity index (χ3n) is 3.60. The molecule has 1 unspecified atom stereocenters. The predicted molar refractivity (Wildman–Crippen MR) is 94.4 cm³/mol. The van der Waals surface area contributed by atoms with Gasteiger partial charge in [-0.1, -0.05) is 18.2 Å². The van der Waals surface area contributed by atoms with Gasteiger partial charge in [0, 0.05) is 4.70 Å². The molecule has 0 aliphatic carbocycles. The maximum absolute atomic E-state index is 13.3. The number of hydrogen-bond acceptors (Lipinski definition) is 4. The number of aliphatic carboxylic acids is 1. The molecule has 5 nitrogen and oxygen atoms in total. The molecule has 25 heavy (non-hydrogen) atoms. The van der Waals surface area contributed by atoms with Crippen molar-refractivity contribution in [2.45, 2.75) is 11.8 Å². The minimum atomic E-state index is -3.94. The summed E-state index contributed by atoms with van der Waals surface area (Å²) in [5, 5.41) is 12.1. The summed E-state index contributed by atoms with van der Waals surface area (Å²) in [5.74, 6) is -2.40. The molecule has 0 saturated carbocycles. The molecule has 130 valence electrons. The summed E-state index contributed by atoms with van der Waals surface area (Å²) in [6, 6.07) is 10.5. The van der Waals surface area contributed by atoms with E-state index in [-0.39, 0.29) is 11.3 Å². The van der Waals surface area contributed by atoms with Crippen LogP contribution in [0.5, 0.6) is 0 Å². The number of carboxylic acids is 1. The summed E-state index contributed by atoms with van der Waals surface area (Å²) in [6.45, 7) is 0. The molecule has 0 radical (unpaired) electrons. The lowest BCUT2D eigenvalue weighted by Gasteiger charge is -2.15. The first-order chi connectivity index (χ1) is 11.8. The normalized spacial score (nSPS) is 13.0. The van der Waals surface area contributed by atoms with Gasteiger partial charge in [-0.25, -0.2) is 12.8 Å². The molecule has 0 bridgehead atoms. The van der Waals surface area contributed by atoms with Crippen LogP contribution in [-0.2, 0) is 20.6 Å². The van der Waals surface area contributed by atoms with Crippen molar-refractivity contribution in [1.82, 2.24) is 4.72 Å². The van der Waals surface area contributed by atoms with Gasteiger partial charge in [0.05, 0.1) is 5.75 Å². The largest absolute Gasteiger partial charge is 0.480 e. The first kappa shape index (κ1) is 17.5. The lowest BCUT2D eigenvalue weighted by molar-refractivity contribution is -0.139. The molecular formula is C17H14FNO4S2. The van der Waals surface area contributed by atoms with Crippen molar-refractivity contribution in [2.24, 2.45) is 0 Å². The fourth-order valence-corrected chi connectivity index (χ4v) is 4.56. The molecule has 3 aromatic rings. The number of rotatable bonds is 6. The maximum Gasteiger partial charge on any atom is 0.326 e. The molecule has 1 aromatic heterocycles. The molecule has 8 heteroatoms. The topological polar surface area (TPSA) is 83.5 Å². The average molecular weight is 379 g/mol. The van der Waals surface area contributed by atoms with Gasteiger partial charge in [-0.05, 0) is 52.2 Å². The van der Waals surface area contributed by atoms with E-state index >= 15 is 0 Å². The summed E-state index contributed by atoms with van der Waals surface area (Å²) in [5.41, 5.74) is 0.575. The first-order valence-corrected chi connectivity index (χ1v) is 9.82. The fraction of sp³-hybridized carbons (Fsp3) is 0.118. The number of thiophene rings is 1. The minimum absolute atomic E-state index is 0.0318. The van der Waals surface area contributed by atoms with E-state index < -0.39 is 27.9 Å². The Morgan fingerprint density at radius 1 is 1.20 bits per heavy atom. The van der Waals surface area contributed by atoms with Crippen molar-refractivity contribution in [3.8, 4) is 0 Å². The number of sulfonamides is 1. The first-order valence-electron chi connectivity index (χ1n) is 7.28. The lowest BCUT2D eigenvalue weighted by Crippen LogP contribution is -2.34.